The SMILES string of the molecule is CC1(C)CC(=O)C(=Ic2ccccc2)C(=P)C1. The Bertz CT molecular complexity index is 466. The van der Waals surface area contributed by atoms with E-state index in [4.69, 9.17) is 0 Å². The summed E-state index contributed by atoms with van der Waals surface area (Å²) in [5.74, 6) is 0.336. The van der Waals surface area contributed by atoms with E-state index in [0.717, 1.165) is 15.2 Å². The molecule has 0 heterocycles. The van der Waals surface area contributed by atoms with Gasteiger partial charge in [-0.25, -0.2) is 0 Å². The average molecular weight is 358 g/mol. The molecule has 2 rings (SSSR count). The summed E-state index contributed by atoms with van der Waals surface area (Å²) < 4.78 is 2.37. The van der Waals surface area contributed by atoms with Crippen molar-refractivity contribution in [2.75, 3.05) is 0 Å². The second kappa shape index (κ2) is 5.11. The van der Waals surface area contributed by atoms with E-state index in [0.29, 0.717) is 12.2 Å². The number of ketones is 1. The molecule has 0 saturated heterocycles. The number of hydrogen-bond donors (Lipinski definition) is 0. The van der Waals surface area contributed by atoms with Crippen LogP contribution in [0.3, 0.4) is 0 Å². The lowest BCUT2D eigenvalue weighted by Crippen LogP contribution is -2.35. The lowest BCUT2D eigenvalue weighted by atomic mass is 9.77. The summed E-state index contributed by atoms with van der Waals surface area (Å²) in [7, 11) is 3.67. The molecular formula is C14H16IOP. The number of Topliss-reactive ketones (excluding diaryl/α,β-unsaturated/α-hetero) is 1. The van der Waals surface area contributed by atoms with Crippen LogP contribution < -0.4 is 0 Å². The van der Waals surface area contributed by atoms with Crippen LogP contribution in [0.4, 0.5) is 0 Å². The van der Waals surface area contributed by atoms with Gasteiger partial charge in [-0.3, -0.25) is 4.79 Å². The molecule has 1 aliphatic carbocycles. The second-order valence-corrected chi connectivity index (χ2v) is 8.59. The van der Waals surface area contributed by atoms with Crippen LogP contribution in [0.1, 0.15) is 26.7 Å². The number of carbonyl (C=O) groups excluding carboxylic acids is 1. The molecule has 0 radical (unpaired) electrons. The highest BCUT2D eigenvalue weighted by Gasteiger charge is 2.32. The summed E-state index contributed by atoms with van der Waals surface area (Å²) in [5.41, 5.74) is 0.109. The predicted octanol–water partition coefficient (Wildman–Crippen LogP) is 3.70. The van der Waals surface area contributed by atoms with Gasteiger partial charge in [0.1, 0.15) is 0 Å². The molecule has 0 atom stereocenters. The van der Waals surface area contributed by atoms with Crippen LogP contribution >= 0.6 is 29.6 Å². The minimum Gasteiger partial charge on any atom is -0.294 e. The highest BCUT2D eigenvalue weighted by molar-refractivity contribution is 14.2. The molecule has 0 aliphatic heterocycles. The lowest BCUT2D eigenvalue weighted by Gasteiger charge is -2.30. The van der Waals surface area contributed by atoms with Crippen LogP contribution in [-0.4, -0.2) is 14.6 Å². The zero-order chi connectivity index (χ0) is 12.5. The van der Waals surface area contributed by atoms with Gasteiger partial charge in [-0.1, -0.05) is 52.8 Å². The summed E-state index contributed by atoms with van der Waals surface area (Å²) in [6, 6.07) is 10.3. The highest BCUT2D eigenvalue weighted by atomic mass is 127. The molecule has 1 nitrogen and oxygen atoms in total. The fraction of sp³-hybridized carbons (Fsp3) is 0.357. The van der Waals surface area contributed by atoms with E-state index in [9.17, 15) is 4.79 Å². The maximum absolute atomic E-state index is 12.2. The third-order valence-electron chi connectivity index (χ3n) is 2.74. The Kier molecular flexibility index (Phi) is 3.94. The summed E-state index contributed by atoms with van der Waals surface area (Å²) in [6.07, 6.45) is 1.67. The van der Waals surface area contributed by atoms with Crippen molar-refractivity contribution in [2.45, 2.75) is 26.7 Å². The second-order valence-electron chi connectivity index (χ2n) is 5.12. The third kappa shape index (κ3) is 3.32. The van der Waals surface area contributed by atoms with Gasteiger partial charge in [0.2, 0.25) is 0 Å². The molecule has 1 aliphatic rings. The molecule has 3 heteroatoms. The van der Waals surface area contributed by atoms with Crippen molar-refractivity contribution < 1.29 is 4.79 Å². The minimum atomic E-state index is -0.336. The Balaban J connectivity index is 2.31. The Morgan fingerprint density at radius 1 is 1.18 bits per heavy atom. The summed E-state index contributed by atoms with van der Waals surface area (Å²) in [6.45, 7) is 4.31. The minimum absolute atomic E-state index is 0.109. The van der Waals surface area contributed by atoms with Crippen LogP contribution in [0, 0.1) is 8.99 Å². The molecule has 1 fully saturated rings. The normalized spacial score (nSPS) is 22.4. The maximum Gasteiger partial charge on any atom is 0.169 e. The van der Waals surface area contributed by atoms with E-state index in [-0.39, 0.29) is 26.1 Å². The summed E-state index contributed by atoms with van der Waals surface area (Å²) in [5, 5.41) is 1.13. The van der Waals surface area contributed by atoms with Gasteiger partial charge >= 0.3 is 0 Å². The van der Waals surface area contributed by atoms with Crippen LogP contribution in [0.15, 0.2) is 30.3 Å². The maximum atomic E-state index is 12.2. The largest absolute Gasteiger partial charge is 0.294 e. The van der Waals surface area contributed by atoms with Crippen molar-refractivity contribution in [2.24, 2.45) is 5.41 Å². The van der Waals surface area contributed by atoms with E-state index < -0.39 is 0 Å². The van der Waals surface area contributed by atoms with Crippen molar-refractivity contribution in [3.05, 3.63) is 33.9 Å². The van der Waals surface area contributed by atoms with Gasteiger partial charge in [-0.05, 0) is 29.3 Å². The van der Waals surface area contributed by atoms with Crippen molar-refractivity contribution in [1.82, 2.24) is 0 Å². The number of halogens is 1. The van der Waals surface area contributed by atoms with Gasteiger partial charge in [0.05, 0.1) is 3.51 Å². The topological polar surface area (TPSA) is 17.1 Å². The van der Waals surface area contributed by atoms with Gasteiger partial charge in [0.15, 0.2) is 5.78 Å². The quantitative estimate of drug-likeness (QED) is 0.553. The zero-order valence-corrected chi connectivity index (χ0v) is 13.2. The molecule has 90 valence electrons. The smallest absolute Gasteiger partial charge is 0.169 e. The molecule has 0 N–H and O–H groups in total. The molecule has 1 saturated carbocycles. The van der Waals surface area contributed by atoms with Crippen LogP contribution in [-0.2, 0) is 4.79 Å². The molecule has 0 amide bonds. The first kappa shape index (κ1) is 13.1. The van der Waals surface area contributed by atoms with Gasteiger partial charge in [-0.15, -0.1) is 8.86 Å². The Labute approximate surface area is 115 Å². The predicted molar refractivity (Wildman–Crippen MR) is 85.5 cm³/mol. The van der Waals surface area contributed by atoms with Crippen molar-refractivity contribution in [3.63, 3.8) is 0 Å². The number of rotatable bonds is 1. The number of hydrogen-bond acceptors (Lipinski definition) is 1. The molecule has 0 aromatic heterocycles. The van der Waals surface area contributed by atoms with Crippen LogP contribution in [0.25, 0.3) is 0 Å². The number of carbonyl (C=O) groups is 1. The molecule has 0 unspecified atom stereocenters. The van der Waals surface area contributed by atoms with E-state index in [1.54, 1.807) is 0 Å². The molecule has 0 bridgehead atoms. The lowest BCUT2D eigenvalue weighted by molar-refractivity contribution is -0.114. The first-order chi connectivity index (χ1) is 7.98. The van der Waals surface area contributed by atoms with Gasteiger partial charge in [0.25, 0.3) is 0 Å². The van der Waals surface area contributed by atoms with Crippen molar-refractivity contribution in [3.8, 4) is 0 Å². The number of benzene rings is 1. The standard InChI is InChI=1S/C14H16IOP/c1-14(2)8-11(16)13(12(17)9-14)15-10-6-4-3-5-7-10/h3-7,17H,8-9H2,1-2H3. The van der Waals surface area contributed by atoms with Crippen LogP contribution in [0.5, 0.6) is 0 Å². The van der Waals surface area contributed by atoms with Gasteiger partial charge in [-0.2, -0.15) is 0 Å². The average Bonchev–Trinajstić information content (AvgIpc) is 2.24. The fourth-order valence-electron chi connectivity index (χ4n) is 2.00. The fourth-order valence-corrected chi connectivity index (χ4v) is 5.34. The first-order valence-electron chi connectivity index (χ1n) is 5.66. The van der Waals surface area contributed by atoms with E-state index in [2.05, 4.69) is 34.8 Å². The zero-order valence-electron chi connectivity index (χ0n) is 10.1. The van der Waals surface area contributed by atoms with Gasteiger partial charge in [0, 0.05) is 9.99 Å². The van der Waals surface area contributed by atoms with Crippen LogP contribution in [0.2, 0.25) is 0 Å². The Hall–Kier alpha value is -0.340. The molecule has 0 spiro atoms. The van der Waals surface area contributed by atoms with E-state index in [1.807, 2.05) is 18.2 Å². The monoisotopic (exact) mass is 358 g/mol. The third-order valence-corrected chi connectivity index (χ3v) is 6.81. The van der Waals surface area contributed by atoms with E-state index in [1.165, 1.54) is 3.57 Å². The van der Waals surface area contributed by atoms with Crippen molar-refractivity contribution >= 4 is 44.2 Å². The molecule has 17 heavy (non-hydrogen) atoms. The Morgan fingerprint density at radius 3 is 2.41 bits per heavy atom. The molecule has 1 aromatic carbocycles. The summed E-state index contributed by atoms with van der Waals surface area (Å²) >= 11 is -0.336. The van der Waals surface area contributed by atoms with Crippen molar-refractivity contribution in [1.29, 1.82) is 0 Å². The van der Waals surface area contributed by atoms with Gasteiger partial charge < -0.3 is 0 Å². The first-order valence-corrected chi connectivity index (χ1v) is 8.31. The Morgan fingerprint density at radius 2 is 1.82 bits per heavy atom. The highest BCUT2D eigenvalue weighted by Crippen LogP contribution is 2.33. The molecule has 1 aromatic rings. The van der Waals surface area contributed by atoms with E-state index >= 15 is 0 Å². The molecular weight excluding hydrogens is 342 g/mol. The summed E-state index contributed by atoms with van der Waals surface area (Å²) in [4.78, 5) is 12.2.